The summed E-state index contributed by atoms with van der Waals surface area (Å²) >= 11 is 11.8. The molecule has 2 amide bonds. The molecule has 0 N–H and O–H groups in total. The van der Waals surface area contributed by atoms with E-state index in [2.05, 4.69) is 15.5 Å². The Bertz CT molecular complexity index is 889. The molecule has 1 aromatic heterocycles. The van der Waals surface area contributed by atoms with Crippen molar-refractivity contribution in [3.63, 3.8) is 0 Å². The van der Waals surface area contributed by atoms with Crippen LogP contribution in [0.25, 0.3) is 0 Å². The highest BCUT2D eigenvalue weighted by Crippen LogP contribution is 2.32. The maximum absolute atomic E-state index is 12.5. The van der Waals surface area contributed by atoms with Crippen LogP contribution < -0.4 is 0 Å². The Morgan fingerprint density at radius 1 is 1.19 bits per heavy atom. The number of aromatic nitrogens is 4. The molecule has 27 heavy (non-hydrogen) atoms. The average molecular weight is 412 g/mol. The number of aryl methyl sites for hydroxylation is 1. The van der Waals surface area contributed by atoms with Gasteiger partial charge in [0.15, 0.2) is 12.4 Å². The van der Waals surface area contributed by atoms with Gasteiger partial charge in [-0.15, -0.1) is 5.10 Å². The van der Waals surface area contributed by atoms with E-state index >= 15 is 0 Å². The van der Waals surface area contributed by atoms with E-state index in [-0.39, 0.29) is 27.8 Å². The Morgan fingerprint density at radius 2 is 1.78 bits per heavy atom. The van der Waals surface area contributed by atoms with Crippen LogP contribution in [0.2, 0.25) is 10.0 Å². The van der Waals surface area contributed by atoms with Gasteiger partial charge in [0.1, 0.15) is 6.04 Å². The first-order valence-electron chi connectivity index (χ1n) is 8.13. The number of ether oxygens (including phenoxy) is 1. The summed E-state index contributed by atoms with van der Waals surface area (Å²) < 4.78 is 6.71. The number of esters is 1. The molecule has 1 aliphatic rings. The first kappa shape index (κ1) is 19.2. The molecule has 142 valence electrons. The van der Waals surface area contributed by atoms with Crippen LogP contribution in [0.5, 0.6) is 0 Å². The van der Waals surface area contributed by atoms with Crippen LogP contribution in [-0.2, 0) is 22.7 Å². The van der Waals surface area contributed by atoms with E-state index in [4.69, 9.17) is 27.9 Å². The van der Waals surface area contributed by atoms with Crippen LogP contribution in [0.3, 0.4) is 0 Å². The number of carbonyl (C=O) groups excluding carboxylic acids is 3. The average Bonchev–Trinajstić information content (AvgIpc) is 3.17. The van der Waals surface area contributed by atoms with E-state index in [1.165, 1.54) is 23.7 Å². The lowest BCUT2D eigenvalue weighted by molar-refractivity contribution is -0.149. The number of imide groups is 1. The topological polar surface area (TPSA) is 107 Å². The molecule has 1 aromatic carbocycles. The highest BCUT2D eigenvalue weighted by atomic mass is 35.5. The molecule has 1 atom stereocenters. The summed E-state index contributed by atoms with van der Waals surface area (Å²) in [4.78, 5) is 38.3. The normalized spacial score (nSPS) is 14.4. The molecule has 2 aromatic rings. The number of carbonyl (C=O) groups is 3. The lowest BCUT2D eigenvalue weighted by atomic mass is 10.1. The lowest BCUT2D eigenvalue weighted by Crippen LogP contribution is -2.43. The molecule has 0 unspecified atom stereocenters. The fraction of sp³-hybridized carbons (Fsp3) is 0.375. The van der Waals surface area contributed by atoms with Crippen LogP contribution in [0.4, 0.5) is 0 Å². The number of rotatable bonds is 6. The van der Waals surface area contributed by atoms with Gasteiger partial charge in [0.05, 0.1) is 21.2 Å². The number of amides is 2. The summed E-state index contributed by atoms with van der Waals surface area (Å²) in [5.74, 6) is -1.64. The first-order valence-corrected chi connectivity index (χ1v) is 8.89. The Hall–Kier alpha value is -2.52. The van der Waals surface area contributed by atoms with Crippen LogP contribution >= 0.6 is 23.2 Å². The number of tetrazole rings is 1. The van der Waals surface area contributed by atoms with Gasteiger partial charge in [0, 0.05) is 6.54 Å². The number of hydrogen-bond donors (Lipinski definition) is 0. The second kappa shape index (κ2) is 7.61. The number of halogens is 2. The fourth-order valence-corrected chi connectivity index (χ4v) is 3.01. The summed E-state index contributed by atoms with van der Waals surface area (Å²) in [7, 11) is 0. The van der Waals surface area contributed by atoms with E-state index in [1.807, 2.05) is 6.92 Å². The predicted molar refractivity (Wildman–Crippen MR) is 94.3 cm³/mol. The van der Waals surface area contributed by atoms with Gasteiger partial charge in [0.2, 0.25) is 0 Å². The van der Waals surface area contributed by atoms with Gasteiger partial charge < -0.3 is 4.74 Å². The van der Waals surface area contributed by atoms with Crippen molar-refractivity contribution in [2.24, 2.45) is 0 Å². The van der Waals surface area contributed by atoms with Gasteiger partial charge in [-0.2, -0.15) is 0 Å². The molecule has 0 saturated carbocycles. The monoisotopic (exact) mass is 411 g/mol. The molecule has 0 radical (unpaired) electrons. The van der Waals surface area contributed by atoms with Crippen molar-refractivity contribution >= 4 is 41.0 Å². The SMILES string of the molecule is CCCn1nnnc1COC(=O)[C@H](C)N1C(=O)c2cc(Cl)c(Cl)cc2C1=O. The third-order valence-corrected chi connectivity index (χ3v) is 4.79. The second-order valence-corrected chi connectivity index (χ2v) is 6.71. The zero-order chi connectivity index (χ0) is 19.7. The molecule has 0 spiro atoms. The van der Waals surface area contributed by atoms with E-state index in [1.54, 1.807) is 0 Å². The highest BCUT2D eigenvalue weighted by Gasteiger charge is 2.42. The van der Waals surface area contributed by atoms with Gasteiger partial charge in [-0.3, -0.25) is 14.5 Å². The Kier molecular flexibility index (Phi) is 5.43. The second-order valence-electron chi connectivity index (χ2n) is 5.89. The van der Waals surface area contributed by atoms with Crippen molar-refractivity contribution in [2.45, 2.75) is 39.5 Å². The molecule has 0 fully saturated rings. The molecule has 1 aliphatic heterocycles. The Morgan fingerprint density at radius 3 is 2.33 bits per heavy atom. The number of hydrogen-bond acceptors (Lipinski definition) is 7. The van der Waals surface area contributed by atoms with Gasteiger partial charge in [-0.1, -0.05) is 30.1 Å². The van der Waals surface area contributed by atoms with Crippen LogP contribution in [0.1, 0.15) is 46.8 Å². The van der Waals surface area contributed by atoms with Crippen molar-refractivity contribution in [2.75, 3.05) is 0 Å². The molecule has 11 heteroatoms. The summed E-state index contributed by atoms with van der Waals surface area (Å²) in [5, 5.41) is 11.4. The molecule has 0 bridgehead atoms. The molecular weight excluding hydrogens is 397 g/mol. The summed E-state index contributed by atoms with van der Waals surface area (Å²) in [5.41, 5.74) is 0.196. The van der Waals surface area contributed by atoms with E-state index in [9.17, 15) is 14.4 Å². The molecule has 2 heterocycles. The zero-order valence-corrected chi connectivity index (χ0v) is 16.0. The molecule has 0 saturated heterocycles. The van der Waals surface area contributed by atoms with Crippen molar-refractivity contribution < 1.29 is 19.1 Å². The Balaban J connectivity index is 1.73. The van der Waals surface area contributed by atoms with Gasteiger partial charge in [0.25, 0.3) is 11.8 Å². The zero-order valence-electron chi connectivity index (χ0n) is 14.5. The van der Waals surface area contributed by atoms with Crippen molar-refractivity contribution in [1.29, 1.82) is 0 Å². The number of benzene rings is 1. The third kappa shape index (κ3) is 3.52. The molecule has 0 aliphatic carbocycles. The number of nitrogens with zero attached hydrogens (tertiary/aromatic N) is 5. The van der Waals surface area contributed by atoms with E-state index < -0.39 is 23.8 Å². The first-order chi connectivity index (χ1) is 12.8. The predicted octanol–water partition coefficient (Wildman–Crippen LogP) is 2.12. The summed E-state index contributed by atoms with van der Waals surface area (Å²) in [6.45, 7) is 3.77. The van der Waals surface area contributed by atoms with Crippen LogP contribution in [-0.4, -0.2) is 48.9 Å². The standard InChI is InChI=1S/C16H15Cl2N5O4/c1-3-4-22-13(19-20-21-22)7-27-16(26)8(2)23-14(24)9-5-11(17)12(18)6-10(9)15(23)25/h5-6,8H,3-4,7H2,1-2H3/t8-/m0/s1. The minimum Gasteiger partial charge on any atom is -0.456 e. The third-order valence-electron chi connectivity index (χ3n) is 4.07. The molecule has 3 rings (SSSR count). The van der Waals surface area contributed by atoms with E-state index in [0.29, 0.717) is 12.4 Å². The van der Waals surface area contributed by atoms with Gasteiger partial charge >= 0.3 is 5.97 Å². The molecule has 9 nitrogen and oxygen atoms in total. The quantitative estimate of drug-likeness (QED) is 0.528. The van der Waals surface area contributed by atoms with Crippen molar-refractivity contribution in [1.82, 2.24) is 25.1 Å². The largest absolute Gasteiger partial charge is 0.456 e. The summed E-state index contributed by atoms with van der Waals surface area (Å²) in [6, 6.07) is 1.50. The maximum atomic E-state index is 12.5. The highest BCUT2D eigenvalue weighted by molar-refractivity contribution is 6.43. The van der Waals surface area contributed by atoms with Crippen molar-refractivity contribution in [3.05, 3.63) is 39.1 Å². The smallest absolute Gasteiger partial charge is 0.329 e. The number of fused-ring (bicyclic) bond motifs is 1. The van der Waals surface area contributed by atoms with Gasteiger partial charge in [-0.25, -0.2) is 9.48 Å². The summed E-state index contributed by atoms with van der Waals surface area (Å²) in [6.07, 6.45) is 0.808. The fourth-order valence-electron chi connectivity index (χ4n) is 2.68. The minimum atomic E-state index is -1.13. The Labute approximate surface area is 164 Å². The van der Waals surface area contributed by atoms with E-state index in [0.717, 1.165) is 11.3 Å². The molecular formula is C16H15Cl2N5O4. The maximum Gasteiger partial charge on any atom is 0.329 e. The van der Waals surface area contributed by atoms with Gasteiger partial charge in [-0.05, 0) is 35.9 Å². The van der Waals surface area contributed by atoms with Crippen LogP contribution in [0, 0.1) is 0 Å². The lowest BCUT2D eigenvalue weighted by Gasteiger charge is -2.20. The van der Waals surface area contributed by atoms with Crippen LogP contribution in [0.15, 0.2) is 12.1 Å². The minimum absolute atomic E-state index is 0.0981. The van der Waals surface area contributed by atoms with Crippen molar-refractivity contribution in [3.8, 4) is 0 Å².